The van der Waals surface area contributed by atoms with E-state index in [1.54, 1.807) is 0 Å². The number of nitrogens with zero attached hydrogens (tertiary/aromatic N) is 2. The Labute approximate surface area is 153 Å². The Kier molecular flexibility index (Phi) is 4.33. The van der Waals surface area contributed by atoms with Gasteiger partial charge in [-0.25, -0.2) is 0 Å². The summed E-state index contributed by atoms with van der Waals surface area (Å²) < 4.78 is 2.19. The van der Waals surface area contributed by atoms with Crippen LogP contribution in [-0.2, 0) is 11.3 Å². The van der Waals surface area contributed by atoms with Crippen LogP contribution in [0.2, 0.25) is 0 Å². The molecule has 0 radical (unpaired) electrons. The van der Waals surface area contributed by atoms with Crippen molar-refractivity contribution < 1.29 is 9.59 Å². The zero-order chi connectivity index (χ0) is 18.1. The van der Waals surface area contributed by atoms with Crippen LogP contribution in [0.4, 0.5) is 0 Å². The fourth-order valence-corrected chi connectivity index (χ4v) is 3.79. The van der Waals surface area contributed by atoms with E-state index in [9.17, 15) is 9.59 Å². The maximum Gasteiger partial charge on any atom is 0.223 e. The molecule has 0 spiro atoms. The van der Waals surface area contributed by atoms with E-state index in [4.69, 9.17) is 0 Å². The molecule has 4 rings (SSSR count). The van der Waals surface area contributed by atoms with E-state index in [-0.39, 0.29) is 30.6 Å². The second-order valence-electron chi connectivity index (χ2n) is 6.87. The molecule has 1 atom stereocenters. The summed E-state index contributed by atoms with van der Waals surface area (Å²) in [5.41, 5.74) is 1.84. The summed E-state index contributed by atoms with van der Waals surface area (Å²) in [6.45, 7) is 3.57. The highest BCUT2D eigenvalue weighted by molar-refractivity contribution is 6.01. The normalized spacial score (nSPS) is 16.5. The van der Waals surface area contributed by atoms with Crippen LogP contribution < -0.4 is 0 Å². The van der Waals surface area contributed by atoms with E-state index in [0.29, 0.717) is 12.1 Å². The van der Waals surface area contributed by atoms with Crippen molar-refractivity contribution in [3.05, 3.63) is 72.1 Å². The van der Waals surface area contributed by atoms with E-state index in [2.05, 4.69) is 16.8 Å². The van der Waals surface area contributed by atoms with E-state index in [1.807, 2.05) is 60.4 Å². The smallest absolute Gasteiger partial charge is 0.223 e. The molecule has 26 heavy (non-hydrogen) atoms. The third-order valence-electron chi connectivity index (χ3n) is 5.30. The topological polar surface area (TPSA) is 42.3 Å². The van der Waals surface area contributed by atoms with Gasteiger partial charge in [0.2, 0.25) is 5.91 Å². The summed E-state index contributed by atoms with van der Waals surface area (Å²) in [5.74, 6) is 0.0798. The lowest BCUT2D eigenvalue weighted by Gasteiger charge is -2.35. The largest absolute Gasteiger partial charge is 0.348 e. The lowest BCUT2D eigenvalue weighted by molar-refractivity contribution is -0.134. The first kappa shape index (κ1) is 16.6. The first-order chi connectivity index (χ1) is 12.6. The molecule has 0 bridgehead atoms. The Morgan fingerprint density at radius 1 is 0.962 bits per heavy atom. The Morgan fingerprint density at radius 2 is 1.77 bits per heavy atom. The highest BCUT2D eigenvalue weighted by Gasteiger charge is 2.27. The predicted octanol–water partition coefficient (Wildman–Crippen LogP) is 4.21. The zero-order valence-corrected chi connectivity index (χ0v) is 14.9. The van der Waals surface area contributed by atoms with Crippen molar-refractivity contribution in [2.24, 2.45) is 0 Å². The number of carbonyl (C=O) groups excluding carboxylic acids is 2. The average Bonchev–Trinajstić information content (AvgIpc) is 3.15. The molecule has 0 fully saturated rings. The van der Waals surface area contributed by atoms with Crippen molar-refractivity contribution >= 4 is 22.5 Å². The Hall–Kier alpha value is -2.88. The van der Waals surface area contributed by atoms with Crippen LogP contribution in [0.1, 0.15) is 41.9 Å². The second-order valence-corrected chi connectivity index (χ2v) is 6.87. The third-order valence-corrected chi connectivity index (χ3v) is 5.30. The Balaban J connectivity index is 1.41. The Morgan fingerprint density at radius 3 is 2.62 bits per heavy atom. The quantitative estimate of drug-likeness (QED) is 0.664. The monoisotopic (exact) mass is 346 g/mol. The highest BCUT2D eigenvalue weighted by atomic mass is 16.2. The first-order valence-electron chi connectivity index (χ1n) is 9.10. The summed E-state index contributed by atoms with van der Waals surface area (Å²) in [6, 6.07) is 17.8. The molecule has 4 heteroatoms. The van der Waals surface area contributed by atoms with E-state index in [0.717, 1.165) is 23.0 Å². The number of ketones is 1. The number of aromatic nitrogens is 1. The fraction of sp³-hybridized carbons (Fsp3) is 0.273. The lowest BCUT2D eigenvalue weighted by Crippen LogP contribution is -2.40. The standard InChI is InChI=1S/C22H22N2O2/c1-16-20-7-4-12-23(20)13-14-24(16)22(26)11-10-21(25)19-9-8-17-5-2-3-6-18(17)15-19/h2-9,12,15-16H,10-11,13-14H2,1H3/t16-/m0/s1. The molecule has 3 aromatic rings. The maximum atomic E-state index is 12.7. The molecule has 0 saturated heterocycles. The zero-order valence-electron chi connectivity index (χ0n) is 14.9. The first-order valence-corrected chi connectivity index (χ1v) is 9.10. The van der Waals surface area contributed by atoms with Crippen LogP contribution in [0.5, 0.6) is 0 Å². The summed E-state index contributed by atoms with van der Waals surface area (Å²) in [5, 5.41) is 2.17. The molecule has 0 saturated carbocycles. The van der Waals surface area contributed by atoms with Gasteiger partial charge in [0, 0.05) is 43.4 Å². The molecule has 1 aromatic heterocycles. The van der Waals surface area contributed by atoms with E-state index in [1.165, 1.54) is 0 Å². The number of hydrogen-bond donors (Lipinski definition) is 0. The van der Waals surface area contributed by atoms with Crippen molar-refractivity contribution in [2.45, 2.75) is 32.4 Å². The number of fused-ring (bicyclic) bond motifs is 2. The molecule has 2 aromatic carbocycles. The molecular formula is C22H22N2O2. The van der Waals surface area contributed by atoms with Gasteiger partial charge in [-0.05, 0) is 35.9 Å². The van der Waals surface area contributed by atoms with Crippen LogP contribution in [0.15, 0.2) is 60.8 Å². The minimum Gasteiger partial charge on any atom is -0.348 e. The fourth-order valence-electron chi connectivity index (χ4n) is 3.79. The number of carbonyl (C=O) groups is 2. The van der Waals surface area contributed by atoms with Crippen molar-refractivity contribution in [1.82, 2.24) is 9.47 Å². The molecule has 1 aliphatic heterocycles. The minimum atomic E-state index is 0.0251. The Bertz CT molecular complexity index is 973. The number of hydrogen-bond acceptors (Lipinski definition) is 2. The predicted molar refractivity (Wildman–Crippen MR) is 102 cm³/mol. The van der Waals surface area contributed by atoms with Gasteiger partial charge in [0.1, 0.15) is 0 Å². The number of rotatable bonds is 4. The molecular weight excluding hydrogens is 324 g/mol. The number of amides is 1. The van der Waals surface area contributed by atoms with Gasteiger partial charge < -0.3 is 9.47 Å². The van der Waals surface area contributed by atoms with Crippen LogP contribution in [0.3, 0.4) is 0 Å². The van der Waals surface area contributed by atoms with Crippen LogP contribution >= 0.6 is 0 Å². The van der Waals surface area contributed by atoms with Gasteiger partial charge in [-0.2, -0.15) is 0 Å². The molecule has 0 aliphatic carbocycles. The summed E-state index contributed by atoms with van der Waals surface area (Å²) in [4.78, 5) is 27.1. The maximum absolute atomic E-state index is 12.7. The molecule has 4 nitrogen and oxygen atoms in total. The van der Waals surface area contributed by atoms with Crippen LogP contribution in [-0.4, -0.2) is 27.7 Å². The van der Waals surface area contributed by atoms with E-state index >= 15 is 0 Å². The minimum absolute atomic E-state index is 0.0251. The van der Waals surface area contributed by atoms with Gasteiger partial charge in [0.15, 0.2) is 5.78 Å². The van der Waals surface area contributed by atoms with Crippen LogP contribution in [0.25, 0.3) is 10.8 Å². The summed E-state index contributed by atoms with van der Waals surface area (Å²) >= 11 is 0. The SMILES string of the molecule is C[C@H]1c2cccn2CCN1C(=O)CCC(=O)c1ccc2ccccc2c1. The highest BCUT2D eigenvalue weighted by Crippen LogP contribution is 2.26. The van der Waals surface area contributed by atoms with Gasteiger partial charge in [0.05, 0.1) is 6.04 Å². The van der Waals surface area contributed by atoms with Crippen molar-refractivity contribution in [2.75, 3.05) is 6.54 Å². The van der Waals surface area contributed by atoms with Crippen molar-refractivity contribution in [1.29, 1.82) is 0 Å². The number of benzene rings is 2. The van der Waals surface area contributed by atoms with Gasteiger partial charge in [0.25, 0.3) is 0 Å². The molecule has 132 valence electrons. The van der Waals surface area contributed by atoms with Crippen LogP contribution in [0, 0.1) is 0 Å². The molecule has 1 amide bonds. The van der Waals surface area contributed by atoms with Crippen molar-refractivity contribution in [3.8, 4) is 0 Å². The molecule has 2 heterocycles. The third kappa shape index (κ3) is 3.03. The number of Topliss-reactive ketones (excluding diaryl/α,β-unsaturated/α-hetero) is 1. The van der Waals surface area contributed by atoms with Gasteiger partial charge >= 0.3 is 0 Å². The van der Waals surface area contributed by atoms with E-state index < -0.39 is 0 Å². The molecule has 0 unspecified atom stereocenters. The average molecular weight is 346 g/mol. The van der Waals surface area contributed by atoms with Gasteiger partial charge in [-0.1, -0.05) is 36.4 Å². The summed E-state index contributed by atoms with van der Waals surface area (Å²) in [7, 11) is 0. The summed E-state index contributed by atoms with van der Waals surface area (Å²) in [6.07, 6.45) is 2.56. The van der Waals surface area contributed by atoms with Gasteiger partial charge in [-0.15, -0.1) is 0 Å². The molecule has 1 aliphatic rings. The molecule has 0 N–H and O–H groups in total. The van der Waals surface area contributed by atoms with Gasteiger partial charge in [-0.3, -0.25) is 9.59 Å². The lowest BCUT2D eigenvalue weighted by atomic mass is 10.0. The van der Waals surface area contributed by atoms with Crippen molar-refractivity contribution in [3.63, 3.8) is 0 Å². The second kappa shape index (κ2) is 6.79.